The predicted octanol–water partition coefficient (Wildman–Crippen LogP) is 4.48. The van der Waals surface area contributed by atoms with E-state index in [2.05, 4.69) is 18.7 Å². The van der Waals surface area contributed by atoms with Crippen molar-refractivity contribution >= 4 is 15.7 Å². The number of rotatable bonds is 8. The van der Waals surface area contributed by atoms with Gasteiger partial charge in [-0.3, -0.25) is 9.69 Å². The second-order valence-corrected chi connectivity index (χ2v) is 13.3. The SMILES string of the molecule is CC(C)[C@H]1CO[C@]23CC[C@H](N(CCCS(C)(=O)=O)Cc4ccc(C(F)(F)F)cc4)C[C@H]2CCC(=O)N13. The van der Waals surface area contributed by atoms with Gasteiger partial charge in [-0.1, -0.05) is 26.0 Å². The maximum absolute atomic E-state index is 13.0. The van der Waals surface area contributed by atoms with Crippen molar-refractivity contribution in [1.82, 2.24) is 9.80 Å². The van der Waals surface area contributed by atoms with Gasteiger partial charge < -0.3 is 9.64 Å². The van der Waals surface area contributed by atoms with Crippen LogP contribution in [0.5, 0.6) is 0 Å². The van der Waals surface area contributed by atoms with E-state index in [0.717, 1.165) is 37.0 Å². The van der Waals surface area contributed by atoms with Crippen LogP contribution in [-0.2, 0) is 32.1 Å². The Bertz CT molecular complexity index is 1040. The van der Waals surface area contributed by atoms with Crippen molar-refractivity contribution in [2.24, 2.45) is 11.8 Å². The quantitative estimate of drug-likeness (QED) is 0.496. The minimum absolute atomic E-state index is 0.0675. The van der Waals surface area contributed by atoms with Crippen LogP contribution in [0.25, 0.3) is 0 Å². The molecule has 1 amide bonds. The Morgan fingerprint density at radius 1 is 1.19 bits per heavy atom. The Balaban J connectivity index is 1.52. The van der Waals surface area contributed by atoms with Crippen LogP contribution in [0.4, 0.5) is 13.2 Å². The minimum atomic E-state index is -4.38. The number of carbonyl (C=O) groups is 1. The van der Waals surface area contributed by atoms with E-state index in [9.17, 15) is 26.4 Å². The third kappa shape index (κ3) is 5.75. The molecule has 3 aliphatic rings. The highest BCUT2D eigenvalue weighted by Gasteiger charge is 2.59. The molecule has 1 aliphatic carbocycles. The number of hydrogen-bond donors (Lipinski definition) is 0. The number of sulfone groups is 1. The molecule has 1 aromatic carbocycles. The van der Waals surface area contributed by atoms with Crippen LogP contribution < -0.4 is 0 Å². The number of alkyl halides is 3. The lowest BCUT2D eigenvalue weighted by atomic mass is 9.72. The lowest BCUT2D eigenvalue weighted by Gasteiger charge is -2.53. The normalized spacial score (nSPS) is 29.1. The van der Waals surface area contributed by atoms with Gasteiger partial charge in [-0.2, -0.15) is 13.2 Å². The van der Waals surface area contributed by atoms with E-state index in [1.54, 1.807) is 0 Å². The summed E-state index contributed by atoms with van der Waals surface area (Å²) in [5, 5.41) is 0. The molecule has 1 aromatic rings. The number of benzene rings is 1. The molecule has 0 radical (unpaired) electrons. The maximum Gasteiger partial charge on any atom is 0.416 e. The van der Waals surface area contributed by atoms with E-state index in [1.165, 1.54) is 18.4 Å². The van der Waals surface area contributed by atoms with Gasteiger partial charge in [-0.05, 0) is 62.3 Å². The van der Waals surface area contributed by atoms with Crippen LogP contribution in [0.2, 0.25) is 0 Å². The molecule has 1 spiro atoms. The van der Waals surface area contributed by atoms with Crippen molar-refractivity contribution in [3.63, 3.8) is 0 Å². The third-order valence-corrected chi connectivity index (χ3v) is 9.19. The number of ether oxygens (including phenoxy) is 1. The molecule has 0 N–H and O–H groups in total. The van der Waals surface area contributed by atoms with Gasteiger partial charge in [0.2, 0.25) is 5.91 Å². The van der Waals surface area contributed by atoms with Crippen LogP contribution in [0.15, 0.2) is 24.3 Å². The van der Waals surface area contributed by atoms with E-state index in [4.69, 9.17) is 4.74 Å². The molecule has 36 heavy (non-hydrogen) atoms. The molecule has 4 rings (SSSR count). The van der Waals surface area contributed by atoms with Gasteiger partial charge >= 0.3 is 6.18 Å². The zero-order valence-electron chi connectivity index (χ0n) is 21.3. The second-order valence-electron chi connectivity index (χ2n) is 11.0. The highest BCUT2D eigenvalue weighted by molar-refractivity contribution is 7.90. The van der Waals surface area contributed by atoms with Gasteiger partial charge in [0.25, 0.3) is 0 Å². The first-order chi connectivity index (χ1) is 16.8. The fraction of sp³-hybridized carbons (Fsp3) is 0.731. The number of hydrogen-bond acceptors (Lipinski definition) is 5. The monoisotopic (exact) mass is 530 g/mol. The summed E-state index contributed by atoms with van der Waals surface area (Å²) in [6.07, 6.45) is 0.860. The highest BCUT2D eigenvalue weighted by atomic mass is 32.2. The Kier molecular flexibility index (Phi) is 7.80. The van der Waals surface area contributed by atoms with E-state index in [-0.39, 0.29) is 29.7 Å². The molecule has 6 nitrogen and oxygen atoms in total. The van der Waals surface area contributed by atoms with E-state index < -0.39 is 27.3 Å². The van der Waals surface area contributed by atoms with Gasteiger partial charge in [-0.25, -0.2) is 8.42 Å². The van der Waals surface area contributed by atoms with Crippen molar-refractivity contribution in [2.45, 2.75) is 82.9 Å². The topological polar surface area (TPSA) is 66.9 Å². The maximum atomic E-state index is 13.0. The van der Waals surface area contributed by atoms with Gasteiger partial charge in [0.1, 0.15) is 15.6 Å². The molecule has 4 atom stereocenters. The fourth-order valence-electron chi connectivity index (χ4n) is 6.30. The molecule has 2 heterocycles. The average Bonchev–Trinajstić information content (AvgIpc) is 3.18. The average molecular weight is 531 g/mol. The van der Waals surface area contributed by atoms with Crippen molar-refractivity contribution in [2.75, 3.05) is 25.2 Å². The van der Waals surface area contributed by atoms with Gasteiger partial charge in [0.15, 0.2) is 0 Å². The summed E-state index contributed by atoms with van der Waals surface area (Å²) in [7, 11) is -3.11. The highest BCUT2D eigenvalue weighted by Crippen LogP contribution is 2.51. The smallest absolute Gasteiger partial charge is 0.353 e. The van der Waals surface area contributed by atoms with Crippen LogP contribution in [-0.4, -0.2) is 67.1 Å². The first kappa shape index (κ1) is 27.4. The lowest BCUT2D eigenvalue weighted by molar-refractivity contribution is -0.191. The third-order valence-electron chi connectivity index (χ3n) is 8.16. The second kappa shape index (κ2) is 10.3. The summed E-state index contributed by atoms with van der Waals surface area (Å²) in [5.74, 6) is 0.716. The standard InChI is InChI=1S/C26H37F3N2O4S/c1-18(2)23-17-35-25-12-11-22(15-21(25)9-10-24(32)31(23)25)30(13-4-14-36(3,33)34)16-19-5-7-20(8-6-19)26(27,28)29/h5-8,18,21-23H,4,9-17H2,1-3H3/t21-,22+,23-,25-/m1/s1. The number of halogens is 3. The minimum Gasteiger partial charge on any atom is -0.353 e. The summed E-state index contributed by atoms with van der Waals surface area (Å²) in [6, 6.07) is 5.43. The largest absolute Gasteiger partial charge is 0.416 e. The Morgan fingerprint density at radius 2 is 1.89 bits per heavy atom. The molecule has 202 valence electrons. The van der Waals surface area contributed by atoms with E-state index >= 15 is 0 Å². The van der Waals surface area contributed by atoms with E-state index in [0.29, 0.717) is 44.9 Å². The Hall–Kier alpha value is -1.65. The van der Waals surface area contributed by atoms with Crippen molar-refractivity contribution in [3.05, 3.63) is 35.4 Å². The first-order valence-electron chi connectivity index (χ1n) is 12.8. The molecule has 0 bridgehead atoms. The molecular weight excluding hydrogens is 493 g/mol. The summed E-state index contributed by atoms with van der Waals surface area (Å²) in [4.78, 5) is 17.2. The summed E-state index contributed by atoms with van der Waals surface area (Å²) in [6.45, 7) is 5.77. The first-order valence-corrected chi connectivity index (χ1v) is 14.9. The zero-order valence-corrected chi connectivity index (χ0v) is 22.1. The zero-order chi connectivity index (χ0) is 26.3. The van der Waals surface area contributed by atoms with Crippen LogP contribution in [0, 0.1) is 11.8 Å². The number of piperidine rings is 1. The molecule has 10 heteroatoms. The number of nitrogens with zero attached hydrogens (tertiary/aromatic N) is 2. The molecule has 2 aliphatic heterocycles. The van der Waals surface area contributed by atoms with Gasteiger partial charge in [-0.15, -0.1) is 0 Å². The van der Waals surface area contributed by atoms with Crippen molar-refractivity contribution in [1.29, 1.82) is 0 Å². The molecule has 3 fully saturated rings. The summed E-state index contributed by atoms with van der Waals surface area (Å²) in [5.41, 5.74) is -0.479. The van der Waals surface area contributed by atoms with Crippen molar-refractivity contribution in [3.8, 4) is 0 Å². The number of carbonyl (C=O) groups excluding carboxylic acids is 1. The Labute approximate surface area is 212 Å². The Morgan fingerprint density at radius 3 is 2.50 bits per heavy atom. The summed E-state index contributed by atoms with van der Waals surface area (Å²) >= 11 is 0. The van der Waals surface area contributed by atoms with Crippen LogP contribution in [0.3, 0.4) is 0 Å². The van der Waals surface area contributed by atoms with Gasteiger partial charge in [0.05, 0.1) is 24.0 Å². The molecule has 0 unspecified atom stereocenters. The molecule has 1 saturated carbocycles. The molecule has 0 aromatic heterocycles. The van der Waals surface area contributed by atoms with Crippen molar-refractivity contribution < 1.29 is 31.1 Å². The lowest BCUT2D eigenvalue weighted by Crippen LogP contribution is -2.63. The van der Waals surface area contributed by atoms with Gasteiger partial charge in [0, 0.05) is 31.2 Å². The fourth-order valence-corrected chi connectivity index (χ4v) is 6.96. The molecular formula is C26H37F3N2O4S. The summed E-state index contributed by atoms with van der Waals surface area (Å²) < 4.78 is 68.9. The molecule has 2 saturated heterocycles. The predicted molar refractivity (Wildman–Crippen MR) is 131 cm³/mol. The van der Waals surface area contributed by atoms with Crippen LogP contribution in [0.1, 0.15) is 63.5 Å². The number of amides is 1. The van der Waals surface area contributed by atoms with Crippen LogP contribution >= 0.6 is 0 Å². The van der Waals surface area contributed by atoms with E-state index in [1.807, 2.05) is 4.90 Å².